The Bertz CT molecular complexity index is 399. The van der Waals surface area contributed by atoms with Gasteiger partial charge in [-0.3, -0.25) is 0 Å². The monoisotopic (exact) mass is 289 g/mol. The van der Waals surface area contributed by atoms with E-state index in [4.69, 9.17) is 10.5 Å². The summed E-state index contributed by atoms with van der Waals surface area (Å²) >= 11 is 0. The molecule has 114 valence electrons. The largest absolute Gasteiger partial charge is 0.494 e. The van der Waals surface area contributed by atoms with Crippen LogP contribution in [0, 0.1) is 5.41 Å². The van der Waals surface area contributed by atoms with Crippen molar-refractivity contribution in [1.82, 2.24) is 0 Å². The van der Waals surface area contributed by atoms with E-state index in [-0.39, 0.29) is 5.41 Å². The van der Waals surface area contributed by atoms with Gasteiger partial charge in [0.25, 0.3) is 0 Å². The van der Waals surface area contributed by atoms with E-state index in [1.165, 1.54) is 12.1 Å². The van der Waals surface area contributed by atoms with Gasteiger partial charge in [-0.05, 0) is 55.5 Å². The van der Waals surface area contributed by atoms with Crippen LogP contribution < -0.4 is 10.5 Å². The Labute approximate surface area is 118 Å². The minimum Gasteiger partial charge on any atom is -0.494 e. The predicted molar refractivity (Wildman–Crippen MR) is 73.6 cm³/mol. The number of ether oxygens (including phenoxy) is 1. The van der Waals surface area contributed by atoms with Gasteiger partial charge in [0, 0.05) is 0 Å². The van der Waals surface area contributed by atoms with Gasteiger partial charge in [0.05, 0.1) is 12.2 Å². The topological polar surface area (TPSA) is 35.2 Å². The van der Waals surface area contributed by atoms with Crippen LogP contribution in [0.3, 0.4) is 0 Å². The van der Waals surface area contributed by atoms with E-state index in [0.29, 0.717) is 18.9 Å². The number of benzene rings is 1. The van der Waals surface area contributed by atoms with Crippen molar-refractivity contribution in [2.24, 2.45) is 11.1 Å². The fourth-order valence-corrected chi connectivity index (χ4v) is 1.74. The molecule has 0 spiro atoms. The van der Waals surface area contributed by atoms with Crippen molar-refractivity contribution in [1.29, 1.82) is 0 Å². The van der Waals surface area contributed by atoms with Gasteiger partial charge >= 0.3 is 6.18 Å². The second-order valence-corrected chi connectivity index (χ2v) is 5.70. The van der Waals surface area contributed by atoms with Gasteiger partial charge in [-0.2, -0.15) is 13.2 Å². The number of halogens is 3. The molecule has 2 N–H and O–H groups in total. The molecule has 0 aliphatic carbocycles. The Morgan fingerprint density at radius 2 is 1.65 bits per heavy atom. The SMILES string of the molecule is CC(C)(CN)CCCCOc1ccc(C(F)(F)F)cc1. The molecule has 0 heterocycles. The maximum absolute atomic E-state index is 12.4. The normalized spacial score (nSPS) is 12.5. The van der Waals surface area contributed by atoms with Crippen molar-refractivity contribution < 1.29 is 17.9 Å². The molecule has 0 bridgehead atoms. The van der Waals surface area contributed by atoms with Crippen LogP contribution in [0.25, 0.3) is 0 Å². The first-order valence-electron chi connectivity index (χ1n) is 6.75. The van der Waals surface area contributed by atoms with Gasteiger partial charge in [-0.15, -0.1) is 0 Å². The van der Waals surface area contributed by atoms with Gasteiger partial charge in [-0.1, -0.05) is 13.8 Å². The maximum atomic E-state index is 12.4. The van der Waals surface area contributed by atoms with Gasteiger partial charge in [0.2, 0.25) is 0 Å². The van der Waals surface area contributed by atoms with Gasteiger partial charge in [0.15, 0.2) is 0 Å². The number of rotatable bonds is 7. The van der Waals surface area contributed by atoms with Gasteiger partial charge < -0.3 is 10.5 Å². The zero-order valence-electron chi connectivity index (χ0n) is 12.0. The molecule has 1 aromatic rings. The summed E-state index contributed by atoms with van der Waals surface area (Å²) in [7, 11) is 0. The zero-order chi connectivity index (χ0) is 15.2. The number of unbranched alkanes of at least 4 members (excludes halogenated alkanes) is 1. The molecule has 1 rings (SSSR count). The van der Waals surface area contributed by atoms with Crippen LogP contribution in [0.15, 0.2) is 24.3 Å². The molecule has 0 fully saturated rings. The minimum atomic E-state index is -4.30. The quantitative estimate of drug-likeness (QED) is 0.762. The van der Waals surface area contributed by atoms with Crippen LogP contribution in [0.1, 0.15) is 38.7 Å². The van der Waals surface area contributed by atoms with E-state index in [9.17, 15) is 13.2 Å². The lowest BCUT2D eigenvalue weighted by Crippen LogP contribution is -2.23. The molecule has 5 heteroatoms. The number of hydrogen-bond donors (Lipinski definition) is 1. The van der Waals surface area contributed by atoms with Gasteiger partial charge in [-0.25, -0.2) is 0 Å². The fraction of sp³-hybridized carbons (Fsp3) is 0.600. The molecule has 0 amide bonds. The van der Waals surface area contributed by atoms with E-state index in [1.54, 1.807) is 0 Å². The predicted octanol–water partition coefficient (Wildman–Crippen LogP) is 4.24. The molecule has 0 aliphatic heterocycles. The van der Waals surface area contributed by atoms with E-state index < -0.39 is 11.7 Å². The van der Waals surface area contributed by atoms with E-state index in [2.05, 4.69) is 13.8 Å². The molecule has 0 saturated heterocycles. The fourth-order valence-electron chi connectivity index (χ4n) is 1.74. The molecule has 0 radical (unpaired) electrons. The van der Waals surface area contributed by atoms with Crippen LogP contribution in [0.5, 0.6) is 5.75 Å². The van der Waals surface area contributed by atoms with Crippen molar-refractivity contribution in [3.8, 4) is 5.75 Å². The molecule has 0 saturated carbocycles. The first kappa shape index (κ1) is 16.8. The summed E-state index contributed by atoms with van der Waals surface area (Å²) in [6.45, 7) is 5.38. The summed E-state index contributed by atoms with van der Waals surface area (Å²) in [5.41, 5.74) is 5.11. The smallest absolute Gasteiger partial charge is 0.416 e. The highest BCUT2D eigenvalue weighted by Gasteiger charge is 2.29. The lowest BCUT2D eigenvalue weighted by molar-refractivity contribution is -0.137. The Morgan fingerprint density at radius 1 is 1.05 bits per heavy atom. The van der Waals surface area contributed by atoms with Crippen LogP contribution in [-0.4, -0.2) is 13.2 Å². The van der Waals surface area contributed by atoms with Crippen LogP contribution in [0.4, 0.5) is 13.2 Å². The Hall–Kier alpha value is -1.23. The van der Waals surface area contributed by atoms with Crippen molar-refractivity contribution >= 4 is 0 Å². The molecular weight excluding hydrogens is 267 g/mol. The molecule has 20 heavy (non-hydrogen) atoms. The third kappa shape index (κ3) is 5.82. The summed E-state index contributed by atoms with van der Waals surface area (Å²) in [5.74, 6) is 0.469. The van der Waals surface area contributed by atoms with Crippen molar-refractivity contribution in [3.63, 3.8) is 0 Å². The highest BCUT2D eigenvalue weighted by atomic mass is 19.4. The zero-order valence-corrected chi connectivity index (χ0v) is 12.0. The third-order valence-electron chi connectivity index (χ3n) is 3.25. The lowest BCUT2D eigenvalue weighted by Gasteiger charge is -2.21. The average molecular weight is 289 g/mol. The molecular formula is C15H22F3NO. The summed E-state index contributed by atoms with van der Waals surface area (Å²) in [5, 5.41) is 0. The van der Waals surface area contributed by atoms with Crippen molar-refractivity contribution in [2.45, 2.75) is 39.3 Å². The number of hydrogen-bond acceptors (Lipinski definition) is 2. The Morgan fingerprint density at radius 3 is 2.15 bits per heavy atom. The first-order chi connectivity index (χ1) is 9.24. The Balaban J connectivity index is 2.29. The summed E-state index contributed by atoms with van der Waals surface area (Å²) < 4.78 is 42.5. The molecule has 0 atom stereocenters. The number of alkyl halides is 3. The highest BCUT2D eigenvalue weighted by molar-refractivity contribution is 5.28. The standard InChI is InChI=1S/C15H22F3NO/c1-14(2,11-19)9-3-4-10-20-13-7-5-12(6-8-13)15(16,17)18/h5-8H,3-4,9-11,19H2,1-2H3. The van der Waals surface area contributed by atoms with E-state index in [1.807, 2.05) is 0 Å². The van der Waals surface area contributed by atoms with Gasteiger partial charge in [0.1, 0.15) is 5.75 Å². The molecule has 0 aliphatic rings. The van der Waals surface area contributed by atoms with E-state index >= 15 is 0 Å². The molecule has 2 nitrogen and oxygen atoms in total. The lowest BCUT2D eigenvalue weighted by atomic mass is 9.87. The van der Waals surface area contributed by atoms with Crippen molar-refractivity contribution in [3.05, 3.63) is 29.8 Å². The molecule has 0 aromatic heterocycles. The second-order valence-electron chi connectivity index (χ2n) is 5.70. The first-order valence-corrected chi connectivity index (χ1v) is 6.75. The van der Waals surface area contributed by atoms with Crippen LogP contribution in [-0.2, 0) is 6.18 Å². The number of nitrogens with two attached hydrogens (primary N) is 1. The average Bonchev–Trinajstić information content (AvgIpc) is 2.38. The minimum absolute atomic E-state index is 0.133. The summed E-state index contributed by atoms with van der Waals surface area (Å²) in [6, 6.07) is 4.78. The van der Waals surface area contributed by atoms with E-state index in [0.717, 1.165) is 31.4 Å². The molecule has 1 aromatic carbocycles. The summed E-state index contributed by atoms with van der Waals surface area (Å²) in [6.07, 6.45) is -1.43. The summed E-state index contributed by atoms with van der Waals surface area (Å²) in [4.78, 5) is 0. The highest BCUT2D eigenvalue weighted by Crippen LogP contribution is 2.30. The van der Waals surface area contributed by atoms with Crippen LogP contribution in [0.2, 0.25) is 0 Å². The maximum Gasteiger partial charge on any atom is 0.416 e. The Kier molecular flexibility index (Phi) is 5.87. The third-order valence-corrected chi connectivity index (χ3v) is 3.25. The van der Waals surface area contributed by atoms with Crippen molar-refractivity contribution in [2.75, 3.05) is 13.2 Å². The second kappa shape index (κ2) is 6.97. The van der Waals surface area contributed by atoms with Crippen LogP contribution >= 0.6 is 0 Å². The molecule has 0 unspecified atom stereocenters.